The molecule has 3 nitrogen and oxygen atoms in total. The first-order valence-corrected chi connectivity index (χ1v) is 5.73. The molecule has 0 amide bonds. The number of aliphatic hydroxyl groups excluding tert-OH is 1. The maximum Gasteiger partial charge on any atom is 0.166 e. The van der Waals surface area contributed by atoms with Crippen LogP contribution in [0.2, 0.25) is 0 Å². The van der Waals surface area contributed by atoms with E-state index in [1.54, 1.807) is 0 Å². The van der Waals surface area contributed by atoms with Gasteiger partial charge in [-0.05, 0) is 38.9 Å². The van der Waals surface area contributed by atoms with E-state index in [0.717, 1.165) is 25.9 Å². The minimum atomic E-state index is -0.765. The second kappa shape index (κ2) is 4.62. The van der Waals surface area contributed by atoms with Crippen LogP contribution < -0.4 is 0 Å². The lowest BCUT2D eigenvalue weighted by atomic mass is 9.80. The van der Waals surface area contributed by atoms with Crippen molar-refractivity contribution in [3.05, 3.63) is 0 Å². The summed E-state index contributed by atoms with van der Waals surface area (Å²) in [4.78, 5) is 14.1. The third kappa shape index (κ3) is 3.28. The molecule has 0 radical (unpaired) electrons. The van der Waals surface area contributed by atoms with Crippen molar-refractivity contribution in [3.63, 3.8) is 0 Å². The van der Waals surface area contributed by atoms with Crippen LogP contribution >= 0.6 is 0 Å². The van der Waals surface area contributed by atoms with Gasteiger partial charge in [0.15, 0.2) is 5.78 Å². The second-order valence-electron chi connectivity index (χ2n) is 5.70. The highest BCUT2D eigenvalue weighted by atomic mass is 16.3. The van der Waals surface area contributed by atoms with Gasteiger partial charge in [0.1, 0.15) is 6.10 Å². The van der Waals surface area contributed by atoms with Gasteiger partial charge in [0, 0.05) is 5.41 Å². The van der Waals surface area contributed by atoms with Crippen molar-refractivity contribution in [1.29, 1.82) is 0 Å². The van der Waals surface area contributed by atoms with Gasteiger partial charge in [-0.2, -0.15) is 0 Å². The molecular weight excluding hydrogens is 190 g/mol. The molecule has 0 saturated carbocycles. The van der Waals surface area contributed by atoms with Crippen LogP contribution in [0.1, 0.15) is 33.6 Å². The molecule has 1 unspecified atom stereocenters. The van der Waals surface area contributed by atoms with Crippen LogP contribution in [-0.2, 0) is 4.79 Å². The Bertz CT molecular complexity index is 224. The fourth-order valence-electron chi connectivity index (χ4n) is 2.00. The maximum atomic E-state index is 11.9. The molecule has 15 heavy (non-hydrogen) atoms. The summed E-state index contributed by atoms with van der Waals surface area (Å²) in [5.41, 5.74) is -0.428. The summed E-state index contributed by atoms with van der Waals surface area (Å²) < 4.78 is 0. The molecule has 0 aromatic heterocycles. The molecule has 3 heteroatoms. The van der Waals surface area contributed by atoms with E-state index in [4.69, 9.17) is 0 Å². The van der Waals surface area contributed by atoms with E-state index in [-0.39, 0.29) is 11.7 Å². The Morgan fingerprint density at radius 1 is 1.33 bits per heavy atom. The average Bonchev–Trinajstić information content (AvgIpc) is 2.15. The zero-order valence-corrected chi connectivity index (χ0v) is 10.3. The van der Waals surface area contributed by atoms with Gasteiger partial charge in [-0.25, -0.2) is 0 Å². The molecule has 1 N–H and O–H groups in total. The van der Waals surface area contributed by atoms with Crippen molar-refractivity contribution in [3.8, 4) is 0 Å². The van der Waals surface area contributed by atoms with Crippen LogP contribution in [-0.4, -0.2) is 42.0 Å². The Morgan fingerprint density at radius 2 is 1.80 bits per heavy atom. The molecule has 1 heterocycles. The Morgan fingerprint density at radius 3 is 2.20 bits per heavy atom. The summed E-state index contributed by atoms with van der Waals surface area (Å²) in [7, 11) is 2.08. The lowest BCUT2D eigenvalue weighted by molar-refractivity contribution is -0.138. The molecule has 1 atom stereocenters. The first kappa shape index (κ1) is 12.7. The summed E-state index contributed by atoms with van der Waals surface area (Å²) in [5, 5.41) is 10.00. The normalized spacial score (nSPS) is 22.7. The molecule has 1 rings (SSSR count). The van der Waals surface area contributed by atoms with Crippen LogP contribution in [0, 0.1) is 11.3 Å². The lowest BCUT2D eigenvalue weighted by Crippen LogP contribution is -2.42. The van der Waals surface area contributed by atoms with Crippen LogP contribution in [0.3, 0.4) is 0 Å². The zero-order valence-electron chi connectivity index (χ0n) is 10.3. The monoisotopic (exact) mass is 213 g/mol. The smallest absolute Gasteiger partial charge is 0.166 e. The fraction of sp³-hybridized carbons (Fsp3) is 0.917. The molecule has 1 aliphatic heterocycles. The van der Waals surface area contributed by atoms with Crippen LogP contribution in [0.5, 0.6) is 0 Å². The number of ketones is 1. The second-order valence-corrected chi connectivity index (χ2v) is 5.70. The van der Waals surface area contributed by atoms with Gasteiger partial charge >= 0.3 is 0 Å². The summed E-state index contributed by atoms with van der Waals surface area (Å²) in [6.07, 6.45) is 1.10. The number of carbonyl (C=O) groups is 1. The van der Waals surface area contributed by atoms with Crippen LogP contribution in [0.4, 0.5) is 0 Å². The molecular formula is C12H23NO2. The predicted octanol–water partition coefficient (Wildman–Crippen LogP) is 1.30. The Hall–Kier alpha value is -0.410. The summed E-state index contributed by atoms with van der Waals surface area (Å²) in [6.45, 7) is 7.58. The third-order valence-electron chi connectivity index (χ3n) is 3.22. The van der Waals surface area contributed by atoms with Crippen molar-refractivity contribution in [2.75, 3.05) is 20.1 Å². The van der Waals surface area contributed by atoms with E-state index in [9.17, 15) is 9.90 Å². The highest BCUT2D eigenvalue weighted by Gasteiger charge is 2.34. The highest BCUT2D eigenvalue weighted by Crippen LogP contribution is 2.26. The molecule has 1 aliphatic rings. The van der Waals surface area contributed by atoms with E-state index in [1.807, 2.05) is 20.8 Å². The van der Waals surface area contributed by atoms with E-state index < -0.39 is 11.5 Å². The van der Waals surface area contributed by atoms with Crippen molar-refractivity contribution >= 4 is 5.78 Å². The Labute approximate surface area is 92.5 Å². The number of Topliss-reactive ketones (excluding diaryl/α,β-unsaturated/α-hetero) is 1. The predicted molar refractivity (Wildman–Crippen MR) is 60.7 cm³/mol. The molecule has 1 fully saturated rings. The lowest BCUT2D eigenvalue weighted by Gasteiger charge is -2.33. The van der Waals surface area contributed by atoms with Gasteiger partial charge in [-0.15, -0.1) is 0 Å². The topological polar surface area (TPSA) is 40.5 Å². The van der Waals surface area contributed by atoms with Crippen molar-refractivity contribution in [1.82, 2.24) is 4.90 Å². The van der Waals surface area contributed by atoms with Gasteiger partial charge in [0.05, 0.1) is 0 Å². The summed E-state index contributed by atoms with van der Waals surface area (Å²) in [6, 6.07) is 0. The first-order valence-electron chi connectivity index (χ1n) is 5.73. The largest absolute Gasteiger partial charge is 0.385 e. The summed E-state index contributed by atoms with van der Waals surface area (Å²) >= 11 is 0. The number of rotatable bonds is 2. The number of hydrogen-bond donors (Lipinski definition) is 1. The first-order chi connectivity index (χ1) is 6.82. The van der Waals surface area contributed by atoms with Crippen molar-refractivity contribution < 1.29 is 9.90 Å². The standard InChI is InChI=1S/C12H23NO2/c1-12(2,3)11(15)10(14)9-5-7-13(4)8-6-9/h9-10,14H,5-8H2,1-4H3. The third-order valence-corrected chi connectivity index (χ3v) is 3.22. The van der Waals surface area contributed by atoms with E-state index >= 15 is 0 Å². The molecule has 0 bridgehead atoms. The number of carbonyl (C=O) groups excluding carboxylic acids is 1. The molecule has 1 saturated heterocycles. The molecule has 88 valence electrons. The SMILES string of the molecule is CN1CCC(C(O)C(=O)C(C)(C)C)CC1. The number of likely N-dealkylation sites (tertiary alicyclic amines) is 1. The molecule has 0 spiro atoms. The van der Waals surface area contributed by atoms with E-state index in [1.165, 1.54) is 0 Å². The van der Waals surface area contributed by atoms with Crippen molar-refractivity contribution in [2.45, 2.75) is 39.7 Å². The van der Waals surface area contributed by atoms with E-state index in [0.29, 0.717) is 0 Å². The molecule has 0 aromatic rings. The van der Waals surface area contributed by atoms with Gasteiger partial charge in [0.2, 0.25) is 0 Å². The van der Waals surface area contributed by atoms with Crippen LogP contribution in [0.15, 0.2) is 0 Å². The molecule has 0 aromatic carbocycles. The number of aliphatic hydroxyl groups is 1. The zero-order chi connectivity index (χ0) is 11.6. The quantitative estimate of drug-likeness (QED) is 0.751. The van der Waals surface area contributed by atoms with Crippen LogP contribution in [0.25, 0.3) is 0 Å². The number of hydrogen-bond acceptors (Lipinski definition) is 3. The van der Waals surface area contributed by atoms with Crippen molar-refractivity contribution in [2.24, 2.45) is 11.3 Å². The Kier molecular flexibility index (Phi) is 3.90. The summed E-state index contributed by atoms with van der Waals surface area (Å²) in [5.74, 6) is 0.143. The van der Waals surface area contributed by atoms with Gasteiger partial charge in [0.25, 0.3) is 0 Å². The van der Waals surface area contributed by atoms with Gasteiger partial charge < -0.3 is 10.0 Å². The minimum absolute atomic E-state index is 0.0166. The average molecular weight is 213 g/mol. The maximum absolute atomic E-state index is 11.9. The van der Waals surface area contributed by atoms with Gasteiger partial charge in [-0.1, -0.05) is 20.8 Å². The molecule has 0 aliphatic carbocycles. The fourth-order valence-corrected chi connectivity index (χ4v) is 2.00. The Balaban J connectivity index is 2.54. The number of nitrogens with zero attached hydrogens (tertiary/aromatic N) is 1. The van der Waals surface area contributed by atoms with E-state index in [2.05, 4.69) is 11.9 Å². The highest BCUT2D eigenvalue weighted by molar-refractivity contribution is 5.87. The van der Waals surface area contributed by atoms with Gasteiger partial charge in [-0.3, -0.25) is 4.79 Å². The number of piperidine rings is 1. The minimum Gasteiger partial charge on any atom is -0.385 e.